The number of methoxy groups -OCH3 is 2. The fourth-order valence-corrected chi connectivity index (χ4v) is 3.01. The smallest absolute Gasteiger partial charge is 0.163 e. The van der Waals surface area contributed by atoms with E-state index in [4.69, 9.17) is 20.2 Å². The third-order valence-corrected chi connectivity index (χ3v) is 4.20. The number of rotatable bonds is 7. The van der Waals surface area contributed by atoms with Crippen LogP contribution in [0.15, 0.2) is 12.1 Å². The fourth-order valence-electron chi connectivity index (χ4n) is 3.01. The third kappa shape index (κ3) is 3.61. The van der Waals surface area contributed by atoms with Gasteiger partial charge in [-0.3, -0.25) is 0 Å². The van der Waals surface area contributed by atoms with Crippen LogP contribution >= 0.6 is 0 Å². The van der Waals surface area contributed by atoms with Gasteiger partial charge < -0.3 is 19.8 Å². The van der Waals surface area contributed by atoms with E-state index < -0.39 is 0 Å². The Morgan fingerprint density at radius 2 is 1.70 bits per heavy atom. The zero-order valence-electron chi connectivity index (χ0n) is 15.1. The molecule has 0 bridgehead atoms. The number of nitrogens with two attached hydrogens (primary N) is 1. The van der Waals surface area contributed by atoms with Gasteiger partial charge in [0.25, 0.3) is 0 Å². The van der Waals surface area contributed by atoms with Crippen LogP contribution in [0.5, 0.6) is 11.5 Å². The maximum absolute atomic E-state index is 6.29. The number of fused-ring (bicyclic) bond motifs is 1. The molecule has 128 valence electrons. The van der Waals surface area contributed by atoms with E-state index in [0.717, 1.165) is 29.7 Å². The second-order valence-electron chi connectivity index (χ2n) is 6.75. The van der Waals surface area contributed by atoms with Gasteiger partial charge in [-0.05, 0) is 26.7 Å². The minimum Gasteiger partial charge on any atom is -0.493 e. The van der Waals surface area contributed by atoms with E-state index in [2.05, 4.69) is 18.4 Å². The van der Waals surface area contributed by atoms with E-state index in [1.807, 2.05) is 26.0 Å². The Morgan fingerprint density at radius 1 is 1.13 bits per heavy atom. The Morgan fingerprint density at radius 3 is 2.17 bits per heavy atom. The largest absolute Gasteiger partial charge is 0.493 e. The van der Waals surface area contributed by atoms with E-state index >= 15 is 0 Å². The summed E-state index contributed by atoms with van der Waals surface area (Å²) in [4.78, 5) is 4.89. The predicted molar refractivity (Wildman–Crippen MR) is 94.4 cm³/mol. The Labute approximate surface area is 138 Å². The monoisotopic (exact) mass is 319 g/mol. The van der Waals surface area contributed by atoms with E-state index in [0.29, 0.717) is 24.0 Å². The molecule has 2 rings (SSSR count). The minimum atomic E-state index is -0.318. The first-order valence-corrected chi connectivity index (χ1v) is 8.25. The van der Waals surface area contributed by atoms with Crippen LogP contribution in [-0.4, -0.2) is 29.3 Å². The first kappa shape index (κ1) is 17.6. The molecule has 1 aromatic carbocycles. The second-order valence-corrected chi connectivity index (χ2v) is 6.75. The zero-order valence-corrected chi connectivity index (χ0v) is 15.1. The van der Waals surface area contributed by atoms with E-state index in [9.17, 15) is 0 Å². The molecular formula is C18H29N3O2. The van der Waals surface area contributed by atoms with Gasteiger partial charge in [0.15, 0.2) is 11.5 Å². The van der Waals surface area contributed by atoms with Crippen molar-refractivity contribution in [3.8, 4) is 11.5 Å². The van der Waals surface area contributed by atoms with Crippen molar-refractivity contribution in [3.63, 3.8) is 0 Å². The molecule has 2 aromatic rings. The average Bonchev–Trinajstić information content (AvgIpc) is 2.83. The Balaban J connectivity index is 2.71. The molecule has 1 aromatic heterocycles. The van der Waals surface area contributed by atoms with Crippen molar-refractivity contribution in [3.05, 3.63) is 18.0 Å². The highest BCUT2D eigenvalue weighted by atomic mass is 16.5. The van der Waals surface area contributed by atoms with Crippen LogP contribution in [0.25, 0.3) is 11.0 Å². The number of aromatic nitrogens is 2. The summed E-state index contributed by atoms with van der Waals surface area (Å²) < 4.78 is 13.1. The van der Waals surface area contributed by atoms with Gasteiger partial charge in [-0.1, -0.05) is 13.8 Å². The predicted octanol–water partition coefficient (Wildman–Crippen LogP) is 3.69. The molecule has 0 aliphatic rings. The Bertz CT molecular complexity index is 667. The molecule has 2 N–H and O–H groups in total. The number of nitrogens with zero attached hydrogens (tertiary/aromatic N) is 2. The van der Waals surface area contributed by atoms with Crippen LogP contribution in [0.3, 0.4) is 0 Å². The van der Waals surface area contributed by atoms with E-state index in [-0.39, 0.29) is 5.54 Å². The Kier molecular flexibility index (Phi) is 5.19. The molecule has 0 aliphatic heterocycles. The maximum atomic E-state index is 6.29. The van der Waals surface area contributed by atoms with Crippen LogP contribution < -0.4 is 15.2 Å². The number of imidazole rings is 1. The van der Waals surface area contributed by atoms with Crippen molar-refractivity contribution in [2.45, 2.75) is 58.5 Å². The molecule has 5 heteroatoms. The van der Waals surface area contributed by atoms with Crippen LogP contribution in [0.4, 0.5) is 0 Å². The molecule has 0 fully saturated rings. The molecule has 0 radical (unpaired) electrons. The van der Waals surface area contributed by atoms with Gasteiger partial charge in [0.1, 0.15) is 5.82 Å². The quantitative estimate of drug-likeness (QED) is 0.845. The van der Waals surface area contributed by atoms with E-state index in [1.54, 1.807) is 14.2 Å². The first-order chi connectivity index (χ1) is 10.8. The number of benzene rings is 1. The zero-order chi connectivity index (χ0) is 17.2. The Hall–Kier alpha value is -1.75. The molecular weight excluding hydrogens is 290 g/mol. The number of hydrogen-bond acceptors (Lipinski definition) is 4. The normalized spacial score (nSPS) is 12.2. The summed E-state index contributed by atoms with van der Waals surface area (Å²) in [5.41, 5.74) is 7.94. The SMILES string of the molecule is CCC(CC)c1nc2cc(OC)c(OC)cc2n1CC(C)(C)N. The summed E-state index contributed by atoms with van der Waals surface area (Å²) in [6.07, 6.45) is 2.11. The summed E-state index contributed by atoms with van der Waals surface area (Å²) in [7, 11) is 3.30. The van der Waals surface area contributed by atoms with Gasteiger partial charge in [0, 0.05) is 30.1 Å². The lowest BCUT2D eigenvalue weighted by atomic mass is 10.0. The number of hydrogen-bond donors (Lipinski definition) is 1. The van der Waals surface area contributed by atoms with Crippen molar-refractivity contribution >= 4 is 11.0 Å². The van der Waals surface area contributed by atoms with Gasteiger partial charge >= 0.3 is 0 Å². The highest BCUT2D eigenvalue weighted by Gasteiger charge is 2.23. The average molecular weight is 319 g/mol. The third-order valence-electron chi connectivity index (χ3n) is 4.20. The fraction of sp³-hybridized carbons (Fsp3) is 0.611. The van der Waals surface area contributed by atoms with Gasteiger partial charge in [0.2, 0.25) is 0 Å². The summed E-state index contributed by atoms with van der Waals surface area (Å²) >= 11 is 0. The molecule has 0 aliphatic carbocycles. The molecule has 0 unspecified atom stereocenters. The lowest BCUT2D eigenvalue weighted by Gasteiger charge is -2.23. The van der Waals surface area contributed by atoms with Crippen LogP contribution in [-0.2, 0) is 6.54 Å². The molecule has 0 saturated carbocycles. The highest BCUT2D eigenvalue weighted by Crippen LogP contribution is 2.35. The van der Waals surface area contributed by atoms with E-state index in [1.165, 1.54) is 0 Å². The van der Waals surface area contributed by atoms with Crippen molar-refractivity contribution in [1.82, 2.24) is 9.55 Å². The van der Waals surface area contributed by atoms with Gasteiger partial charge in [-0.15, -0.1) is 0 Å². The molecule has 0 amide bonds. The molecule has 0 saturated heterocycles. The number of ether oxygens (including phenoxy) is 2. The topological polar surface area (TPSA) is 62.3 Å². The first-order valence-electron chi connectivity index (χ1n) is 8.25. The van der Waals surface area contributed by atoms with Crippen molar-refractivity contribution in [2.24, 2.45) is 5.73 Å². The van der Waals surface area contributed by atoms with Crippen molar-refractivity contribution in [2.75, 3.05) is 14.2 Å². The van der Waals surface area contributed by atoms with Crippen LogP contribution in [0.2, 0.25) is 0 Å². The second kappa shape index (κ2) is 6.79. The molecule has 0 atom stereocenters. The van der Waals surface area contributed by atoms with Gasteiger partial charge in [-0.25, -0.2) is 4.98 Å². The molecule has 5 nitrogen and oxygen atoms in total. The lowest BCUT2D eigenvalue weighted by molar-refractivity contribution is 0.355. The summed E-state index contributed by atoms with van der Waals surface area (Å²) in [6, 6.07) is 3.94. The summed E-state index contributed by atoms with van der Waals surface area (Å²) in [5, 5.41) is 0. The van der Waals surface area contributed by atoms with Gasteiger partial charge in [0.05, 0.1) is 25.3 Å². The lowest BCUT2D eigenvalue weighted by Crippen LogP contribution is -2.37. The highest BCUT2D eigenvalue weighted by molar-refractivity contribution is 5.81. The maximum Gasteiger partial charge on any atom is 0.163 e. The van der Waals surface area contributed by atoms with Crippen LogP contribution in [0.1, 0.15) is 52.3 Å². The van der Waals surface area contributed by atoms with Crippen molar-refractivity contribution in [1.29, 1.82) is 0 Å². The molecule has 1 heterocycles. The van der Waals surface area contributed by atoms with Crippen molar-refractivity contribution < 1.29 is 9.47 Å². The van der Waals surface area contributed by atoms with Gasteiger partial charge in [-0.2, -0.15) is 0 Å². The summed E-state index contributed by atoms with van der Waals surface area (Å²) in [5.74, 6) is 2.93. The minimum absolute atomic E-state index is 0.318. The van der Waals surface area contributed by atoms with Crippen LogP contribution in [0, 0.1) is 0 Å². The summed E-state index contributed by atoms with van der Waals surface area (Å²) in [6.45, 7) is 9.19. The molecule has 0 spiro atoms. The standard InChI is InChI=1S/C18H29N3O2/c1-7-12(8-2)17-20-13-9-15(22-5)16(23-6)10-14(13)21(17)11-18(3,4)19/h9-10,12H,7-8,11,19H2,1-6H3. The molecule has 23 heavy (non-hydrogen) atoms.